The fourth-order valence-corrected chi connectivity index (χ4v) is 6.09. The predicted molar refractivity (Wildman–Crippen MR) is 146 cm³/mol. The summed E-state index contributed by atoms with van der Waals surface area (Å²) in [6.45, 7) is 0.238. The minimum absolute atomic E-state index is 0.169. The lowest BCUT2D eigenvalue weighted by Crippen LogP contribution is -2.56. The number of rotatable bonds is 8. The van der Waals surface area contributed by atoms with Crippen LogP contribution in [0.5, 0.6) is 0 Å². The van der Waals surface area contributed by atoms with Gasteiger partial charge in [-0.1, -0.05) is 36.4 Å². The van der Waals surface area contributed by atoms with Crippen LogP contribution in [0.4, 0.5) is 0 Å². The normalized spacial score (nSPS) is 18.6. The van der Waals surface area contributed by atoms with Gasteiger partial charge >= 0.3 is 0 Å². The maximum absolute atomic E-state index is 13.9. The van der Waals surface area contributed by atoms with Crippen LogP contribution in [0.1, 0.15) is 45.4 Å². The molecule has 38 heavy (non-hydrogen) atoms. The van der Waals surface area contributed by atoms with Gasteiger partial charge in [0.2, 0.25) is 11.8 Å². The number of carbonyl (C=O) groups is 3. The van der Waals surface area contributed by atoms with Gasteiger partial charge < -0.3 is 24.9 Å². The predicted octanol–water partition coefficient (Wildman–Crippen LogP) is 3.79. The molecule has 3 amide bonds. The van der Waals surface area contributed by atoms with Crippen molar-refractivity contribution in [3.8, 4) is 0 Å². The van der Waals surface area contributed by atoms with Crippen LogP contribution >= 0.6 is 11.8 Å². The first-order valence-corrected chi connectivity index (χ1v) is 14.1. The lowest BCUT2D eigenvalue weighted by Gasteiger charge is -2.37. The number of benzene rings is 2. The van der Waals surface area contributed by atoms with Crippen molar-refractivity contribution in [2.24, 2.45) is 0 Å². The summed E-state index contributed by atoms with van der Waals surface area (Å²) in [4.78, 5) is 45.8. The monoisotopic (exact) mass is 528 g/mol. The van der Waals surface area contributed by atoms with Crippen LogP contribution in [0.3, 0.4) is 0 Å². The number of fused-ring (bicyclic) bond motifs is 7. The molecule has 2 aromatic carbocycles. The van der Waals surface area contributed by atoms with Crippen molar-refractivity contribution >= 4 is 40.4 Å². The minimum Gasteiger partial charge on any atom is -0.467 e. The van der Waals surface area contributed by atoms with Gasteiger partial charge in [-0.05, 0) is 53.8 Å². The Morgan fingerprint density at radius 1 is 1.13 bits per heavy atom. The first kappa shape index (κ1) is 24.4. The standard InChI is InChI=1S/C29H28N4O4S/c1-38-14-12-23(27(34)30-16-17-7-6-13-37-17)32-28(35)24-15-21-18-8-4-5-11-22(18)31-25(21)26-19-9-2-3-10-20(19)29(36)33(24)26/h2-11,13,23-24,26,31H,12,14-16H2,1H3,(H,30,34)(H,32,35)/t23-,24+,26+/m0/s1. The number of H-pyrrole nitrogens is 1. The number of nitrogens with zero attached hydrogens (tertiary/aromatic N) is 1. The Bertz CT molecular complexity index is 1510. The molecule has 6 rings (SSSR count). The van der Waals surface area contributed by atoms with Crippen LogP contribution < -0.4 is 10.6 Å². The highest BCUT2D eigenvalue weighted by molar-refractivity contribution is 7.98. The SMILES string of the molecule is CSCC[C@H](NC(=O)[C@H]1Cc2c([nH]c3ccccc23)[C@H]2c3ccccc3C(=O)N21)C(=O)NCc1ccco1. The lowest BCUT2D eigenvalue weighted by molar-refractivity contribution is -0.132. The zero-order valence-electron chi connectivity index (χ0n) is 20.9. The number of aromatic nitrogens is 1. The van der Waals surface area contributed by atoms with E-state index in [-0.39, 0.29) is 30.3 Å². The van der Waals surface area contributed by atoms with E-state index < -0.39 is 12.1 Å². The quantitative estimate of drug-likeness (QED) is 0.323. The number of thioether (sulfide) groups is 1. The van der Waals surface area contributed by atoms with Gasteiger partial charge in [0.1, 0.15) is 17.8 Å². The van der Waals surface area contributed by atoms with Crippen LogP contribution in [-0.4, -0.2) is 51.7 Å². The fraction of sp³-hybridized carbons (Fsp3) is 0.276. The summed E-state index contributed by atoms with van der Waals surface area (Å²) in [6.07, 6.45) is 4.35. The number of aromatic amines is 1. The van der Waals surface area contributed by atoms with E-state index in [9.17, 15) is 14.4 Å². The maximum atomic E-state index is 13.9. The number of amides is 3. The number of carbonyl (C=O) groups excluding carboxylic acids is 3. The number of hydrogen-bond donors (Lipinski definition) is 3. The summed E-state index contributed by atoms with van der Waals surface area (Å²) in [5, 5.41) is 6.90. The molecule has 0 bridgehead atoms. The van der Waals surface area contributed by atoms with E-state index in [1.807, 2.05) is 54.8 Å². The molecule has 3 N–H and O–H groups in total. The van der Waals surface area contributed by atoms with Crippen molar-refractivity contribution in [1.82, 2.24) is 20.5 Å². The molecule has 194 valence electrons. The van der Waals surface area contributed by atoms with Crippen molar-refractivity contribution in [3.05, 3.63) is 95.1 Å². The molecule has 0 saturated carbocycles. The first-order valence-electron chi connectivity index (χ1n) is 12.7. The molecule has 0 aliphatic carbocycles. The topological polar surface area (TPSA) is 107 Å². The Kier molecular flexibility index (Phi) is 6.45. The van der Waals surface area contributed by atoms with Gasteiger partial charge in [-0.3, -0.25) is 14.4 Å². The molecule has 2 aliphatic rings. The van der Waals surface area contributed by atoms with Crippen LogP contribution in [0.25, 0.3) is 10.9 Å². The summed E-state index contributed by atoms with van der Waals surface area (Å²) < 4.78 is 5.32. The van der Waals surface area contributed by atoms with E-state index in [2.05, 4.69) is 15.6 Å². The fourth-order valence-electron chi connectivity index (χ4n) is 5.62. The van der Waals surface area contributed by atoms with Crippen LogP contribution in [0, 0.1) is 0 Å². The third-order valence-corrected chi connectivity index (χ3v) is 8.06. The van der Waals surface area contributed by atoms with Gasteiger partial charge in [0.05, 0.1) is 18.8 Å². The van der Waals surface area contributed by atoms with Gasteiger partial charge in [0, 0.05) is 28.6 Å². The molecule has 0 unspecified atom stereocenters. The average Bonchev–Trinajstić information content (AvgIpc) is 3.66. The Morgan fingerprint density at radius 2 is 1.95 bits per heavy atom. The number of para-hydroxylation sites is 1. The number of hydrogen-bond acceptors (Lipinski definition) is 5. The molecule has 3 atom stereocenters. The molecule has 0 radical (unpaired) electrons. The minimum atomic E-state index is -0.749. The summed E-state index contributed by atoms with van der Waals surface area (Å²) in [6, 6.07) is 17.2. The summed E-state index contributed by atoms with van der Waals surface area (Å²) in [5.41, 5.74) is 4.46. The third-order valence-electron chi connectivity index (χ3n) is 7.42. The van der Waals surface area contributed by atoms with Gasteiger partial charge in [-0.15, -0.1) is 0 Å². The van der Waals surface area contributed by atoms with Crippen molar-refractivity contribution in [3.63, 3.8) is 0 Å². The number of nitrogens with one attached hydrogen (secondary N) is 3. The summed E-state index contributed by atoms with van der Waals surface area (Å²) in [7, 11) is 0. The highest BCUT2D eigenvalue weighted by Crippen LogP contribution is 2.46. The Balaban J connectivity index is 1.32. The van der Waals surface area contributed by atoms with Gasteiger partial charge in [0.25, 0.3) is 5.91 Å². The van der Waals surface area contributed by atoms with Gasteiger partial charge in [-0.25, -0.2) is 0 Å². The van der Waals surface area contributed by atoms with Crippen molar-refractivity contribution < 1.29 is 18.8 Å². The highest BCUT2D eigenvalue weighted by Gasteiger charge is 2.49. The molecule has 9 heteroatoms. The first-order chi connectivity index (χ1) is 18.6. The average molecular weight is 529 g/mol. The van der Waals surface area contributed by atoms with Gasteiger partial charge in [-0.2, -0.15) is 11.8 Å². The molecule has 0 fully saturated rings. The molecule has 2 aromatic heterocycles. The van der Waals surface area contributed by atoms with E-state index in [4.69, 9.17) is 4.42 Å². The summed E-state index contributed by atoms with van der Waals surface area (Å²) >= 11 is 1.61. The highest BCUT2D eigenvalue weighted by atomic mass is 32.2. The molecule has 0 spiro atoms. The zero-order chi connectivity index (χ0) is 26.2. The second-order valence-corrected chi connectivity index (χ2v) is 10.6. The molecule has 0 saturated heterocycles. The Morgan fingerprint density at radius 3 is 2.76 bits per heavy atom. The molecule has 4 heterocycles. The molecular weight excluding hydrogens is 500 g/mol. The zero-order valence-corrected chi connectivity index (χ0v) is 21.7. The molecule has 8 nitrogen and oxygen atoms in total. The largest absolute Gasteiger partial charge is 0.467 e. The van der Waals surface area contributed by atoms with Crippen LogP contribution in [0.2, 0.25) is 0 Å². The maximum Gasteiger partial charge on any atom is 0.255 e. The third kappa shape index (κ3) is 4.16. The Labute approximate surface area is 224 Å². The van der Waals surface area contributed by atoms with E-state index in [1.54, 1.807) is 35.1 Å². The molecular formula is C29H28N4O4S. The van der Waals surface area contributed by atoms with Crippen molar-refractivity contribution in [1.29, 1.82) is 0 Å². The van der Waals surface area contributed by atoms with Crippen LogP contribution in [0.15, 0.2) is 71.3 Å². The Hall–Kier alpha value is -3.98. The van der Waals surface area contributed by atoms with Crippen LogP contribution in [-0.2, 0) is 22.6 Å². The van der Waals surface area contributed by atoms with Crippen molar-refractivity contribution in [2.45, 2.75) is 37.5 Å². The smallest absolute Gasteiger partial charge is 0.255 e. The lowest BCUT2D eigenvalue weighted by atomic mass is 9.89. The van der Waals surface area contributed by atoms with Gasteiger partial charge in [0.15, 0.2) is 0 Å². The van der Waals surface area contributed by atoms with Crippen molar-refractivity contribution in [2.75, 3.05) is 12.0 Å². The van der Waals surface area contributed by atoms with E-state index in [1.165, 1.54) is 0 Å². The molecule has 4 aromatic rings. The van der Waals surface area contributed by atoms with E-state index in [0.717, 1.165) is 27.7 Å². The second-order valence-electron chi connectivity index (χ2n) is 9.62. The van der Waals surface area contributed by atoms with E-state index in [0.29, 0.717) is 29.9 Å². The van der Waals surface area contributed by atoms with E-state index >= 15 is 0 Å². The summed E-state index contributed by atoms with van der Waals surface area (Å²) in [5.74, 6) is 0.563. The molecule has 2 aliphatic heterocycles. The second kappa shape index (κ2) is 10.1. The number of furan rings is 1.